The Kier molecular flexibility index (Phi) is 6.52. The molecule has 1 aliphatic heterocycles. The van der Waals surface area contributed by atoms with Crippen LogP contribution in [-0.2, 0) is 14.6 Å². The third-order valence-electron chi connectivity index (χ3n) is 5.31. The third kappa shape index (κ3) is 5.40. The molecular weight excluding hydrogens is 439 g/mol. The number of piperidine rings is 1. The van der Waals surface area contributed by atoms with Crippen molar-refractivity contribution in [1.82, 2.24) is 9.88 Å². The molecule has 0 N–H and O–H groups in total. The molecule has 0 saturated carbocycles. The zero-order valence-corrected chi connectivity index (χ0v) is 18.5. The summed E-state index contributed by atoms with van der Waals surface area (Å²) < 4.78 is 44.7. The van der Waals surface area contributed by atoms with Crippen LogP contribution in [0, 0.1) is 5.82 Å². The second kappa shape index (κ2) is 9.32. The van der Waals surface area contributed by atoms with E-state index < -0.39 is 15.7 Å². The summed E-state index contributed by atoms with van der Waals surface area (Å²) in [6.45, 7) is 1.16. The first-order valence-electron chi connectivity index (χ1n) is 10.2. The summed E-state index contributed by atoms with van der Waals surface area (Å²) in [4.78, 5) is 18.8. The van der Waals surface area contributed by atoms with Gasteiger partial charge in [0.1, 0.15) is 11.9 Å². The molecule has 31 heavy (non-hydrogen) atoms. The molecule has 0 bridgehead atoms. The number of ether oxygens (including phenoxy) is 1. The highest BCUT2D eigenvalue weighted by Crippen LogP contribution is 2.29. The quantitative estimate of drug-likeness (QED) is 0.495. The van der Waals surface area contributed by atoms with Gasteiger partial charge in [0, 0.05) is 32.4 Å². The van der Waals surface area contributed by atoms with Crippen molar-refractivity contribution in [3.63, 3.8) is 0 Å². The van der Waals surface area contributed by atoms with E-state index in [0.29, 0.717) is 18.3 Å². The molecule has 0 atom stereocenters. The van der Waals surface area contributed by atoms with Crippen LogP contribution in [0.25, 0.3) is 10.2 Å². The SMILES string of the molecule is O=C(CCCS(=O)(=O)c1ccc(F)cc1)N1CCC(Oc2nc3ccccc3s2)CC1. The number of halogens is 1. The van der Waals surface area contributed by atoms with Crippen molar-refractivity contribution < 1.29 is 22.3 Å². The molecule has 1 aromatic heterocycles. The molecule has 9 heteroatoms. The number of nitrogens with zero attached hydrogens (tertiary/aromatic N) is 2. The molecule has 4 rings (SSSR count). The Bertz CT molecular complexity index is 1120. The van der Waals surface area contributed by atoms with Gasteiger partial charge in [0.05, 0.1) is 20.9 Å². The molecule has 164 valence electrons. The van der Waals surface area contributed by atoms with Gasteiger partial charge in [0.25, 0.3) is 5.19 Å². The van der Waals surface area contributed by atoms with Crippen LogP contribution in [-0.4, -0.2) is 49.2 Å². The lowest BCUT2D eigenvalue weighted by Gasteiger charge is -2.31. The maximum atomic E-state index is 13.0. The lowest BCUT2D eigenvalue weighted by molar-refractivity contribution is -0.133. The Labute approximate surface area is 184 Å². The van der Waals surface area contributed by atoms with Gasteiger partial charge in [-0.3, -0.25) is 4.79 Å². The van der Waals surface area contributed by atoms with Crippen molar-refractivity contribution in [2.75, 3.05) is 18.8 Å². The molecule has 6 nitrogen and oxygen atoms in total. The minimum atomic E-state index is -3.52. The van der Waals surface area contributed by atoms with E-state index in [1.54, 1.807) is 4.90 Å². The van der Waals surface area contributed by atoms with Crippen LogP contribution in [0.5, 0.6) is 5.19 Å². The number of aromatic nitrogens is 1. The fourth-order valence-electron chi connectivity index (χ4n) is 3.60. The topological polar surface area (TPSA) is 76.6 Å². The Morgan fingerprint density at radius 2 is 1.84 bits per heavy atom. The number of rotatable bonds is 7. The van der Waals surface area contributed by atoms with E-state index in [1.165, 1.54) is 23.5 Å². The highest BCUT2D eigenvalue weighted by molar-refractivity contribution is 7.91. The maximum Gasteiger partial charge on any atom is 0.274 e. The van der Waals surface area contributed by atoms with Crippen molar-refractivity contribution in [2.45, 2.75) is 36.7 Å². The van der Waals surface area contributed by atoms with Crippen molar-refractivity contribution in [3.8, 4) is 5.19 Å². The van der Waals surface area contributed by atoms with Crippen molar-refractivity contribution in [1.29, 1.82) is 0 Å². The summed E-state index contributed by atoms with van der Waals surface area (Å²) in [5.41, 5.74) is 0.922. The number of sulfone groups is 1. The predicted octanol–water partition coefficient (Wildman–Crippen LogP) is 4.06. The highest BCUT2D eigenvalue weighted by atomic mass is 32.2. The smallest absolute Gasteiger partial charge is 0.274 e. The van der Waals surface area contributed by atoms with E-state index in [0.717, 1.165) is 35.2 Å². The number of hydrogen-bond donors (Lipinski definition) is 0. The van der Waals surface area contributed by atoms with Gasteiger partial charge in [-0.15, -0.1) is 0 Å². The van der Waals surface area contributed by atoms with E-state index in [1.807, 2.05) is 24.3 Å². The zero-order valence-electron chi connectivity index (χ0n) is 16.9. The van der Waals surface area contributed by atoms with Gasteiger partial charge >= 0.3 is 0 Å². The van der Waals surface area contributed by atoms with E-state index in [2.05, 4.69) is 4.98 Å². The van der Waals surface area contributed by atoms with Crippen LogP contribution in [0.15, 0.2) is 53.4 Å². The Hall–Kier alpha value is -2.52. The zero-order chi connectivity index (χ0) is 21.8. The summed E-state index contributed by atoms with van der Waals surface area (Å²) in [6, 6.07) is 12.6. The summed E-state index contributed by atoms with van der Waals surface area (Å²) in [5, 5.41) is 0.650. The number of para-hydroxylation sites is 1. The Balaban J connectivity index is 1.22. The van der Waals surface area contributed by atoms with Gasteiger partial charge in [-0.05, 0) is 42.8 Å². The van der Waals surface area contributed by atoms with Crippen LogP contribution in [0.4, 0.5) is 4.39 Å². The third-order valence-corrected chi connectivity index (χ3v) is 8.06. The van der Waals surface area contributed by atoms with Gasteiger partial charge in [0.2, 0.25) is 5.91 Å². The van der Waals surface area contributed by atoms with Gasteiger partial charge in [-0.25, -0.2) is 17.8 Å². The summed E-state index contributed by atoms with van der Waals surface area (Å²) >= 11 is 1.52. The van der Waals surface area contributed by atoms with Crippen molar-refractivity contribution in [2.24, 2.45) is 0 Å². The average molecular weight is 463 g/mol. The van der Waals surface area contributed by atoms with Gasteiger partial charge in [-0.1, -0.05) is 23.5 Å². The standard InChI is InChI=1S/C22H23FN2O4S2/c23-16-7-9-18(10-8-16)31(27,28)15-3-6-21(26)25-13-11-17(12-14-25)29-22-24-19-4-1-2-5-20(19)30-22/h1-2,4-5,7-10,17H,3,6,11-15H2. The predicted molar refractivity (Wildman–Crippen MR) is 118 cm³/mol. The van der Waals surface area contributed by atoms with Gasteiger partial charge in [0.15, 0.2) is 9.84 Å². The van der Waals surface area contributed by atoms with Crippen molar-refractivity contribution >= 4 is 37.3 Å². The molecule has 0 aliphatic carbocycles. The summed E-state index contributed by atoms with van der Waals surface area (Å²) in [7, 11) is -3.52. The number of likely N-dealkylation sites (tertiary alicyclic amines) is 1. The Morgan fingerprint density at radius 1 is 1.13 bits per heavy atom. The number of thiazole rings is 1. The van der Waals surface area contributed by atoms with Crippen LogP contribution in [0.2, 0.25) is 0 Å². The largest absolute Gasteiger partial charge is 0.467 e. The van der Waals surface area contributed by atoms with Crippen LogP contribution in [0.3, 0.4) is 0 Å². The number of carbonyl (C=O) groups excluding carboxylic acids is 1. The molecule has 0 spiro atoms. The van der Waals surface area contributed by atoms with Crippen molar-refractivity contribution in [3.05, 3.63) is 54.3 Å². The molecule has 2 heterocycles. The van der Waals surface area contributed by atoms with Crippen LogP contribution < -0.4 is 4.74 Å². The second-order valence-electron chi connectivity index (χ2n) is 7.52. The molecule has 3 aromatic rings. The first-order chi connectivity index (χ1) is 14.9. The van der Waals surface area contributed by atoms with E-state index in [9.17, 15) is 17.6 Å². The highest BCUT2D eigenvalue weighted by Gasteiger charge is 2.25. The molecule has 2 aromatic carbocycles. The normalized spacial score (nSPS) is 15.3. The fraction of sp³-hybridized carbons (Fsp3) is 0.364. The van der Waals surface area contributed by atoms with Gasteiger partial charge in [-0.2, -0.15) is 0 Å². The molecule has 1 fully saturated rings. The minimum absolute atomic E-state index is 0.0171. The first kappa shape index (κ1) is 21.7. The van der Waals surface area contributed by atoms with Crippen LogP contribution >= 0.6 is 11.3 Å². The van der Waals surface area contributed by atoms with E-state index in [-0.39, 0.29) is 35.5 Å². The summed E-state index contributed by atoms with van der Waals surface area (Å²) in [6.07, 6.45) is 1.86. The minimum Gasteiger partial charge on any atom is -0.467 e. The number of benzene rings is 2. The molecular formula is C22H23FN2O4S2. The number of carbonyl (C=O) groups is 1. The van der Waals surface area contributed by atoms with Crippen LogP contribution in [0.1, 0.15) is 25.7 Å². The Morgan fingerprint density at radius 3 is 2.55 bits per heavy atom. The van der Waals surface area contributed by atoms with E-state index >= 15 is 0 Å². The van der Waals surface area contributed by atoms with Gasteiger partial charge < -0.3 is 9.64 Å². The number of fused-ring (bicyclic) bond motifs is 1. The lowest BCUT2D eigenvalue weighted by atomic mass is 10.1. The molecule has 0 radical (unpaired) electrons. The van der Waals surface area contributed by atoms with E-state index in [4.69, 9.17) is 4.74 Å². The maximum absolute atomic E-state index is 13.0. The molecule has 1 aliphatic rings. The monoisotopic (exact) mass is 462 g/mol. The fourth-order valence-corrected chi connectivity index (χ4v) is 5.79. The number of amides is 1. The second-order valence-corrected chi connectivity index (χ2v) is 10.6. The first-order valence-corrected chi connectivity index (χ1v) is 12.7. The summed E-state index contributed by atoms with van der Waals surface area (Å²) in [5.74, 6) is -0.668. The lowest BCUT2D eigenvalue weighted by Crippen LogP contribution is -2.41. The average Bonchev–Trinajstić information content (AvgIpc) is 3.16. The molecule has 1 saturated heterocycles. The molecule has 1 amide bonds. The molecule has 0 unspecified atom stereocenters. The number of hydrogen-bond acceptors (Lipinski definition) is 6.